The molecule has 0 spiro atoms. The Morgan fingerprint density at radius 2 is 2.21 bits per heavy atom. The Morgan fingerprint density at radius 3 is 2.74 bits per heavy atom. The van der Waals surface area contributed by atoms with Gasteiger partial charge in [-0.05, 0) is 31.7 Å². The predicted octanol–water partition coefficient (Wildman–Crippen LogP) is 1.50. The molecule has 0 aliphatic carbocycles. The highest BCUT2D eigenvalue weighted by atomic mass is 16.2. The fourth-order valence-electron chi connectivity index (χ4n) is 2.78. The molecule has 0 radical (unpaired) electrons. The molecule has 19 heavy (non-hydrogen) atoms. The molecule has 106 valence electrons. The van der Waals surface area contributed by atoms with Gasteiger partial charge in [-0.1, -0.05) is 13.8 Å². The van der Waals surface area contributed by atoms with E-state index >= 15 is 0 Å². The fraction of sp³-hybridized carbons (Fsp3) is 0.714. The van der Waals surface area contributed by atoms with Crippen molar-refractivity contribution < 1.29 is 4.79 Å². The number of nitrogens with two attached hydrogens (primary N) is 1. The summed E-state index contributed by atoms with van der Waals surface area (Å²) >= 11 is 0. The van der Waals surface area contributed by atoms with E-state index in [1.165, 1.54) is 0 Å². The molecular formula is C14H24N4O. The number of likely N-dealkylation sites (tertiary alicyclic amines) is 1. The van der Waals surface area contributed by atoms with Gasteiger partial charge < -0.3 is 10.6 Å². The lowest BCUT2D eigenvalue weighted by Gasteiger charge is -2.35. The van der Waals surface area contributed by atoms with Gasteiger partial charge in [0.25, 0.3) is 5.91 Å². The molecule has 0 unspecified atom stereocenters. The fourth-order valence-corrected chi connectivity index (χ4v) is 2.78. The zero-order valence-corrected chi connectivity index (χ0v) is 12.3. The SMILES string of the molecule is CC(C)c1cc(C(=O)N2CC[C@H](N)C[C@H]2C)nn1C. The quantitative estimate of drug-likeness (QED) is 0.880. The van der Waals surface area contributed by atoms with Crippen molar-refractivity contribution in [3.8, 4) is 0 Å². The average Bonchev–Trinajstić information content (AvgIpc) is 2.70. The second kappa shape index (κ2) is 5.33. The molecule has 2 atom stereocenters. The third-order valence-electron chi connectivity index (χ3n) is 3.90. The molecular weight excluding hydrogens is 240 g/mol. The first-order valence-corrected chi connectivity index (χ1v) is 7.00. The third kappa shape index (κ3) is 2.81. The number of rotatable bonds is 2. The van der Waals surface area contributed by atoms with Crippen LogP contribution in [0.15, 0.2) is 6.07 Å². The van der Waals surface area contributed by atoms with Crippen molar-refractivity contribution in [2.45, 2.75) is 51.6 Å². The van der Waals surface area contributed by atoms with Crippen LogP contribution in [0.2, 0.25) is 0 Å². The van der Waals surface area contributed by atoms with Crippen LogP contribution in [-0.4, -0.2) is 39.2 Å². The molecule has 5 heteroatoms. The Kier molecular flexibility index (Phi) is 3.94. The maximum Gasteiger partial charge on any atom is 0.274 e. The topological polar surface area (TPSA) is 64.2 Å². The molecule has 1 aromatic rings. The number of piperidine rings is 1. The van der Waals surface area contributed by atoms with Gasteiger partial charge in [0.15, 0.2) is 5.69 Å². The van der Waals surface area contributed by atoms with E-state index in [-0.39, 0.29) is 18.0 Å². The van der Waals surface area contributed by atoms with Gasteiger partial charge >= 0.3 is 0 Å². The van der Waals surface area contributed by atoms with Gasteiger partial charge in [-0.25, -0.2) is 0 Å². The van der Waals surface area contributed by atoms with Gasteiger partial charge in [-0.15, -0.1) is 0 Å². The van der Waals surface area contributed by atoms with E-state index in [0.29, 0.717) is 11.6 Å². The van der Waals surface area contributed by atoms with Crippen LogP contribution in [0.5, 0.6) is 0 Å². The molecule has 2 heterocycles. The number of carbonyl (C=O) groups is 1. The van der Waals surface area contributed by atoms with Crippen LogP contribution in [0.25, 0.3) is 0 Å². The minimum atomic E-state index is 0.0295. The first-order valence-electron chi connectivity index (χ1n) is 7.00. The lowest BCUT2D eigenvalue weighted by atomic mass is 9.99. The van der Waals surface area contributed by atoms with Gasteiger partial charge in [0, 0.05) is 31.4 Å². The second-order valence-electron chi connectivity index (χ2n) is 5.86. The molecule has 0 aromatic carbocycles. The largest absolute Gasteiger partial charge is 0.334 e. The summed E-state index contributed by atoms with van der Waals surface area (Å²) in [6.45, 7) is 7.00. The average molecular weight is 264 g/mol. The number of nitrogens with zero attached hydrogens (tertiary/aromatic N) is 3. The smallest absolute Gasteiger partial charge is 0.274 e. The first kappa shape index (κ1) is 14.1. The summed E-state index contributed by atoms with van der Waals surface area (Å²) in [6, 6.07) is 2.32. The normalized spacial score (nSPS) is 24.0. The molecule has 2 rings (SSSR count). The number of hydrogen-bond donors (Lipinski definition) is 1. The third-order valence-corrected chi connectivity index (χ3v) is 3.90. The summed E-state index contributed by atoms with van der Waals surface area (Å²) < 4.78 is 1.80. The molecule has 1 saturated heterocycles. The van der Waals surface area contributed by atoms with E-state index < -0.39 is 0 Å². The van der Waals surface area contributed by atoms with Crippen LogP contribution >= 0.6 is 0 Å². The summed E-state index contributed by atoms with van der Waals surface area (Å²) in [6.07, 6.45) is 1.75. The molecule has 1 aromatic heterocycles. The van der Waals surface area contributed by atoms with Crippen molar-refractivity contribution in [2.24, 2.45) is 12.8 Å². The van der Waals surface area contributed by atoms with Crippen LogP contribution in [0, 0.1) is 0 Å². The molecule has 0 saturated carbocycles. The molecule has 1 aliphatic rings. The molecule has 2 N–H and O–H groups in total. The number of hydrogen-bond acceptors (Lipinski definition) is 3. The van der Waals surface area contributed by atoms with Gasteiger partial charge in [-0.2, -0.15) is 5.10 Å². The summed E-state index contributed by atoms with van der Waals surface area (Å²) in [4.78, 5) is 14.4. The lowest BCUT2D eigenvalue weighted by Crippen LogP contribution is -2.48. The molecule has 5 nitrogen and oxygen atoms in total. The number of aryl methyl sites for hydroxylation is 1. The summed E-state index contributed by atoms with van der Waals surface area (Å²) in [5.41, 5.74) is 7.57. The van der Waals surface area contributed by atoms with Gasteiger partial charge in [0.2, 0.25) is 0 Å². The van der Waals surface area contributed by atoms with E-state index in [9.17, 15) is 4.79 Å². The van der Waals surface area contributed by atoms with Crippen molar-refractivity contribution in [1.82, 2.24) is 14.7 Å². The Balaban J connectivity index is 2.18. The van der Waals surface area contributed by atoms with Crippen molar-refractivity contribution in [2.75, 3.05) is 6.54 Å². The lowest BCUT2D eigenvalue weighted by molar-refractivity contribution is 0.0612. The second-order valence-corrected chi connectivity index (χ2v) is 5.86. The van der Waals surface area contributed by atoms with Crippen LogP contribution < -0.4 is 5.73 Å². The van der Waals surface area contributed by atoms with Gasteiger partial charge in [0.05, 0.1) is 0 Å². The van der Waals surface area contributed by atoms with Crippen LogP contribution in [0.1, 0.15) is 55.7 Å². The van der Waals surface area contributed by atoms with Crippen LogP contribution in [-0.2, 0) is 7.05 Å². The minimum Gasteiger partial charge on any atom is -0.334 e. The minimum absolute atomic E-state index is 0.0295. The van der Waals surface area contributed by atoms with E-state index in [1.807, 2.05) is 18.0 Å². The number of aromatic nitrogens is 2. The zero-order valence-electron chi connectivity index (χ0n) is 12.3. The Hall–Kier alpha value is -1.36. The van der Waals surface area contributed by atoms with E-state index in [1.54, 1.807) is 4.68 Å². The summed E-state index contributed by atoms with van der Waals surface area (Å²) in [5.74, 6) is 0.396. The van der Waals surface area contributed by atoms with Crippen LogP contribution in [0.3, 0.4) is 0 Å². The Bertz CT molecular complexity index is 466. The van der Waals surface area contributed by atoms with Crippen LogP contribution in [0.4, 0.5) is 0 Å². The Labute approximate surface area is 114 Å². The van der Waals surface area contributed by atoms with Crippen molar-refractivity contribution in [1.29, 1.82) is 0 Å². The predicted molar refractivity (Wildman–Crippen MR) is 75.0 cm³/mol. The Morgan fingerprint density at radius 1 is 1.53 bits per heavy atom. The van der Waals surface area contributed by atoms with Gasteiger partial charge in [-0.3, -0.25) is 9.48 Å². The van der Waals surface area contributed by atoms with Crippen molar-refractivity contribution in [3.63, 3.8) is 0 Å². The first-order chi connectivity index (χ1) is 8.90. The standard InChI is InChI=1S/C14H24N4O/c1-9(2)13-8-12(16-17(13)4)14(19)18-6-5-11(15)7-10(18)3/h8-11H,5-7,15H2,1-4H3/t10-,11+/m1/s1. The maximum absolute atomic E-state index is 12.5. The number of amides is 1. The van der Waals surface area contributed by atoms with E-state index in [0.717, 1.165) is 25.1 Å². The van der Waals surface area contributed by atoms with Gasteiger partial charge in [0.1, 0.15) is 0 Å². The van der Waals surface area contributed by atoms with Crippen molar-refractivity contribution >= 4 is 5.91 Å². The molecule has 1 amide bonds. The van der Waals surface area contributed by atoms with Crippen molar-refractivity contribution in [3.05, 3.63) is 17.5 Å². The number of carbonyl (C=O) groups excluding carboxylic acids is 1. The highest BCUT2D eigenvalue weighted by Gasteiger charge is 2.29. The molecule has 0 bridgehead atoms. The zero-order chi connectivity index (χ0) is 14.2. The van der Waals surface area contributed by atoms with E-state index in [4.69, 9.17) is 5.73 Å². The highest BCUT2D eigenvalue weighted by Crippen LogP contribution is 2.20. The monoisotopic (exact) mass is 264 g/mol. The summed E-state index contributed by atoms with van der Waals surface area (Å²) in [5, 5.41) is 4.35. The molecule has 1 fully saturated rings. The molecule has 1 aliphatic heterocycles. The maximum atomic E-state index is 12.5. The summed E-state index contributed by atoms with van der Waals surface area (Å²) in [7, 11) is 1.89. The van der Waals surface area contributed by atoms with E-state index in [2.05, 4.69) is 25.9 Å². The highest BCUT2D eigenvalue weighted by molar-refractivity contribution is 5.92.